The van der Waals surface area contributed by atoms with Crippen LogP contribution in [0.4, 0.5) is 0 Å². The summed E-state index contributed by atoms with van der Waals surface area (Å²) in [6.07, 6.45) is -5.28. The molecular formula is C17H22N2O8S. The number of hydrogen-bond donors (Lipinski definition) is 4. The number of rotatable bonds is 8. The van der Waals surface area contributed by atoms with Gasteiger partial charge in [-0.05, 0) is 30.8 Å². The van der Waals surface area contributed by atoms with E-state index in [1.807, 2.05) is 13.0 Å². The van der Waals surface area contributed by atoms with Crippen LogP contribution in [-0.2, 0) is 11.3 Å². The second-order valence-corrected chi connectivity index (χ2v) is 7.02. The fourth-order valence-corrected chi connectivity index (χ4v) is 3.50. The standard InChI is InChI=1S/C17H22N2O8S/c1-2-24-9-4-3-5-10(6-9)25-8-12-18-19-17(27-12)28-16-15(23)14(22)13(21)11(7-20)26-16/h3-6,11,13-16,20-23H,2,7-8H2,1H3/t11-,13-,14+,15-,16+/m1/s1. The van der Waals surface area contributed by atoms with Crippen LogP contribution < -0.4 is 9.47 Å². The van der Waals surface area contributed by atoms with Crippen LogP contribution in [0.5, 0.6) is 11.5 Å². The minimum atomic E-state index is -1.47. The summed E-state index contributed by atoms with van der Waals surface area (Å²) >= 11 is 0.879. The van der Waals surface area contributed by atoms with E-state index < -0.39 is 36.5 Å². The maximum absolute atomic E-state index is 10.0. The molecule has 11 heteroatoms. The third kappa shape index (κ3) is 4.93. The molecule has 1 aromatic carbocycles. The van der Waals surface area contributed by atoms with Crippen molar-refractivity contribution in [3.05, 3.63) is 30.2 Å². The third-order valence-corrected chi connectivity index (χ3v) is 4.98. The zero-order valence-electron chi connectivity index (χ0n) is 15.0. The number of hydrogen-bond acceptors (Lipinski definition) is 11. The predicted molar refractivity (Wildman–Crippen MR) is 95.9 cm³/mol. The normalized spacial score (nSPS) is 27.5. The molecule has 1 saturated heterocycles. The molecule has 1 aliphatic heterocycles. The molecule has 0 radical (unpaired) electrons. The van der Waals surface area contributed by atoms with Crippen LogP contribution in [0.1, 0.15) is 12.8 Å². The number of aliphatic hydroxyl groups is 4. The van der Waals surface area contributed by atoms with Gasteiger partial charge in [0.25, 0.3) is 11.1 Å². The SMILES string of the molecule is CCOc1cccc(OCc2nnc(S[C@@H]3O[C@H](CO)[C@@H](O)[C@H](O)[C@H]3O)o2)c1. The molecule has 0 unspecified atom stereocenters. The molecule has 3 rings (SSSR count). The van der Waals surface area contributed by atoms with Crippen LogP contribution in [0, 0.1) is 0 Å². The Hall–Kier alpha value is -1.89. The van der Waals surface area contributed by atoms with Gasteiger partial charge in [0.05, 0.1) is 13.2 Å². The maximum Gasteiger partial charge on any atom is 0.279 e. The van der Waals surface area contributed by atoms with E-state index in [1.165, 1.54) is 0 Å². The van der Waals surface area contributed by atoms with Gasteiger partial charge in [0, 0.05) is 6.07 Å². The van der Waals surface area contributed by atoms with Gasteiger partial charge in [0.1, 0.15) is 41.4 Å². The first-order chi connectivity index (χ1) is 13.5. The smallest absolute Gasteiger partial charge is 0.279 e. The quantitative estimate of drug-likeness (QED) is 0.460. The van der Waals surface area contributed by atoms with E-state index in [2.05, 4.69) is 10.2 Å². The number of benzene rings is 1. The fraction of sp³-hybridized carbons (Fsp3) is 0.529. The van der Waals surface area contributed by atoms with Crippen LogP contribution in [0.3, 0.4) is 0 Å². The summed E-state index contributed by atoms with van der Waals surface area (Å²) in [6, 6.07) is 7.12. The Morgan fingerprint density at radius 1 is 1.07 bits per heavy atom. The summed E-state index contributed by atoms with van der Waals surface area (Å²) in [6.45, 7) is 1.95. The van der Waals surface area contributed by atoms with Crippen molar-refractivity contribution < 1.29 is 39.1 Å². The number of aromatic nitrogens is 2. The molecule has 1 fully saturated rings. The lowest BCUT2D eigenvalue weighted by Gasteiger charge is -2.38. The zero-order chi connectivity index (χ0) is 20.1. The van der Waals surface area contributed by atoms with Gasteiger partial charge in [-0.3, -0.25) is 0 Å². The minimum absolute atomic E-state index is 0.0256. The largest absolute Gasteiger partial charge is 0.494 e. The molecule has 0 amide bonds. The van der Waals surface area contributed by atoms with E-state index in [9.17, 15) is 20.4 Å². The summed E-state index contributed by atoms with van der Waals surface area (Å²) in [5.41, 5.74) is -0.993. The molecule has 28 heavy (non-hydrogen) atoms. The van der Waals surface area contributed by atoms with Crippen molar-refractivity contribution in [1.29, 1.82) is 0 Å². The van der Waals surface area contributed by atoms with Crippen LogP contribution in [0.25, 0.3) is 0 Å². The number of thioether (sulfide) groups is 1. The van der Waals surface area contributed by atoms with Crippen LogP contribution >= 0.6 is 11.8 Å². The molecule has 0 saturated carbocycles. The van der Waals surface area contributed by atoms with Crippen molar-refractivity contribution in [2.45, 2.75) is 48.6 Å². The van der Waals surface area contributed by atoms with Crippen molar-refractivity contribution in [1.82, 2.24) is 10.2 Å². The highest BCUT2D eigenvalue weighted by molar-refractivity contribution is 7.99. The number of nitrogens with zero attached hydrogens (tertiary/aromatic N) is 2. The predicted octanol–water partition coefficient (Wildman–Crippen LogP) is -0.0607. The van der Waals surface area contributed by atoms with E-state index in [0.717, 1.165) is 11.8 Å². The van der Waals surface area contributed by atoms with E-state index >= 15 is 0 Å². The van der Waals surface area contributed by atoms with E-state index in [-0.39, 0.29) is 17.7 Å². The van der Waals surface area contributed by atoms with Gasteiger partial charge in [-0.2, -0.15) is 0 Å². The molecule has 0 aliphatic carbocycles. The van der Waals surface area contributed by atoms with Gasteiger partial charge < -0.3 is 39.1 Å². The molecule has 0 bridgehead atoms. The molecule has 1 aromatic heterocycles. The Morgan fingerprint density at radius 3 is 2.54 bits per heavy atom. The molecule has 0 spiro atoms. The van der Waals surface area contributed by atoms with Crippen molar-refractivity contribution in [3.63, 3.8) is 0 Å². The van der Waals surface area contributed by atoms with Gasteiger partial charge >= 0.3 is 0 Å². The Bertz CT molecular complexity index is 758. The average molecular weight is 414 g/mol. The summed E-state index contributed by atoms with van der Waals surface area (Å²) in [5.74, 6) is 1.46. The van der Waals surface area contributed by atoms with Gasteiger partial charge in [-0.15, -0.1) is 10.2 Å². The lowest BCUT2D eigenvalue weighted by atomic mass is 10.0. The Labute approximate surface area is 165 Å². The summed E-state index contributed by atoms with van der Waals surface area (Å²) in [5, 5.41) is 46.7. The lowest BCUT2D eigenvalue weighted by Crippen LogP contribution is -2.57. The van der Waals surface area contributed by atoms with E-state index in [0.29, 0.717) is 18.1 Å². The number of aliphatic hydroxyl groups excluding tert-OH is 4. The zero-order valence-corrected chi connectivity index (χ0v) is 15.9. The van der Waals surface area contributed by atoms with Crippen LogP contribution in [0.15, 0.2) is 33.9 Å². The van der Waals surface area contributed by atoms with Crippen LogP contribution in [0.2, 0.25) is 0 Å². The monoisotopic (exact) mass is 414 g/mol. The van der Waals surface area contributed by atoms with E-state index in [4.69, 9.17) is 18.6 Å². The highest BCUT2D eigenvalue weighted by Crippen LogP contribution is 2.32. The van der Waals surface area contributed by atoms with Crippen molar-refractivity contribution in [3.8, 4) is 11.5 Å². The molecular weight excluding hydrogens is 392 g/mol. The summed E-state index contributed by atoms with van der Waals surface area (Å²) in [7, 11) is 0. The number of ether oxygens (including phenoxy) is 3. The van der Waals surface area contributed by atoms with Gasteiger partial charge in [-0.25, -0.2) is 0 Å². The minimum Gasteiger partial charge on any atom is -0.494 e. The highest BCUT2D eigenvalue weighted by Gasteiger charge is 2.44. The van der Waals surface area contributed by atoms with Crippen LogP contribution in [-0.4, -0.2) is 73.7 Å². The lowest BCUT2D eigenvalue weighted by molar-refractivity contribution is -0.205. The maximum atomic E-state index is 10.0. The second-order valence-electron chi connectivity index (χ2n) is 5.97. The average Bonchev–Trinajstić information content (AvgIpc) is 3.15. The first-order valence-corrected chi connectivity index (χ1v) is 9.55. The molecule has 10 nitrogen and oxygen atoms in total. The fourth-order valence-electron chi connectivity index (χ4n) is 2.57. The third-order valence-electron chi connectivity index (χ3n) is 3.99. The molecule has 2 heterocycles. The second kappa shape index (κ2) is 9.54. The molecule has 5 atom stereocenters. The summed E-state index contributed by atoms with van der Waals surface area (Å²) < 4.78 is 21.8. The van der Waals surface area contributed by atoms with Crippen molar-refractivity contribution in [2.75, 3.05) is 13.2 Å². The topological polar surface area (TPSA) is 148 Å². The molecule has 4 N–H and O–H groups in total. The molecule has 1 aliphatic rings. The first kappa shape index (κ1) is 20.8. The van der Waals surface area contributed by atoms with Gasteiger partial charge in [0.15, 0.2) is 6.61 Å². The summed E-state index contributed by atoms with van der Waals surface area (Å²) in [4.78, 5) is 0. The Morgan fingerprint density at radius 2 is 1.82 bits per heavy atom. The van der Waals surface area contributed by atoms with Crippen molar-refractivity contribution >= 4 is 11.8 Å². The molecule has 2 aromatic rings. The first-order valence-electron chi connectivity index (χ1n) is 8.67. The van der Waals surface area contributed by atoms with Crippen molar-refractivity contribution in [2.24, 2.45) is 0 Å². The molecule has 154 valence electrons. The van der Waals surface area contributed by atoms with Gasteiger partial charge in [-0.1, -0.05) is 6.07 Å². The Balaban J connectivity index is 1.57. The van der Waals surface area contributed by atoms with E-state index in [1.54, 1.807) is 18.2 Å². The highest BCUT2D eigenvalue weighted by atomic mass is 32.2. The van der Waals surface area contributed by atoms with Gasteiger partial charge in [0.2, 0.25) is 0 Å². The Kier molecular flexibility index (Phi) is 7.10.